The van der Waals surface area contributed by atoms with Crippen molar-refractivity contribution < 1.29 is 18.0 Å². The number of hydrogen-bond acceptors (Lipinski definition) is 4. The van der Waals surface area contributed by atoms with Gasteiger partial charge in [0.15, 0.2) is 4.34 Å². The standard InChI is InChI=1S/C16H11F3N2OS2/c1-23-15-21-12-7-6-11(8-13(12)24-15)20-14(22)9-2-4-10(5-3-9)16(17,18)19/h2-8H,1H3,(H,20,22). The zero-order chi connectivity index (χ0) is 17.3. The van der Waals surface area contributed by atoms with Gasteiger partial charge in [-0.2, -0.15) is 13.2 Å². The summed E-state index contributed by atoms with van der Waals surface area (Å²) >= 11 is 3.06. The molecule has 0 fully saturated rings. The van der Waals surface area contributed by atoms with Gasteiger partial charge in [-0.1, -0.05) is 11.8 Å². The fourth-order valence-corrected chi connectivity index (χ4v) is 3.61. The van der Waals surface area contributed by atoms with Crippen LogP contribution < -0.4 is 5.32 Å². The van der Waals surface area contributed by atoms with E-state index in [0.717, 1.165) is 38.8 Å². The Hall–Kier alpha value is -2.06. The second kappa shape index (κ2) is 6.45. The van der Waals surface area contributed by atoms with Crippen LogP contribution in [0.4, 0.5) is 18.9 Å². The quantitative estimate of drug-likeness (QED) is 0.639. The van der Waals surface area contributed by atoms with Gasteiger partial charge in [-0.15, -0.1) is 11.3 Å². The largest absolute Gasteiger partial charge is 0.416 e. The van der Waals surface area contributed by atoms with Crippen LogP contribution in [0.5, 0.6) is 0 Å². The first kappa shape index (κ1) is 16.8. The highest BCUT2D eigenvalue weighted by molar-refractivity contribution is 8.00. The average molecular weight is 368 g/mol. The van der Waals surface area contributed by atoms with Gasteiger partial charge in [0.1, 0.15) is 0 Å². The molecule has 3 nitrogen and oxygen atoms in total. The van der Waals surface area contributed by atoms with Gasteiger partial charge in [0.25, 0.3) is 5.91 Å². The summed E-state index contributed by atoms with van der Waals surface area (Å²) in [7, 11) is 0. The summed E-state index contributed by atoms with van der Waals surface area (Å²) < 4.78 is 39.5. The number of fused-ring (bicyclic) bond motifs is 1. The highest BCUT2D eigenvalue weighted by Crippen LogP contribution is 2.31. The highest BCUT2D eigenvalue weighted by Gasteiger charge is 2.30. The first-order chi connectivity index (χ1) is 11.4. The summed E-state index contributed by atoms with van der Waals surface area (Å²) in [5.74, 6) is -0.460. The minimum atomic E-state index is -4.42. The van der Waals surface area contributed by atoms with E-state index in [4.69, 9.17) is 0 Å². The van der Waals surface area contributed by atoms with E-state index in [1.807, 2.05) is 6.26 Å². The predicted octanol–water partition coefficient (Wildman–Crippen LogP) is 5.29. The van der Waals surface area contributed by atoms with Crippen molar-refractivity contribution in [1.82, 2.24) is 4.98 Å². The summed E-state index contributed by atoms with van der Waals surface area (Å²) in [6.07, 6.45) is -2.48. The first-order valence-electron chi connectivity index (χ1n) is 6.80. The number of rotatable bonds is 3. The van der Waals surface area contributed by atoms with Crippen LogP contribution in [0.2, 0.25) is 0 Å². The fraction of sp³-hybridized carbons (Fsp3) is 0.125. The molecule has 0 atom stereocenters. The third kappa shape index (κ3) is 3.54. The molecule has 2 aromatic carbocycles. The van der Waals surface area contributed by atoms with Gasteiger partial charge in [-0.25, -0.2) is 4.98 Å². The summed E-state index contributed by atoms with van der Waals surface area (Å²) in [5, 5.41) is 2.69. The van der Waals surface area contributed by atoms with Crippen molar-refractivity contribution >= 4 is 44.9 Å². The maximum Gasteiger partial charge on any atom is 0.416 e. The SMILES string of the molecule is CSc1nc2ccc(NC(=O)c3ccc(C(F)(F)F)cc3)cc2s1. The Labute approximate surface area is 143 Å². The number of hydrogen-bond donors (Lipinski definition) is 1. The van der Waals surface area contributed by atoms with E-state index in [2.05, 4.69) is 10.3 Å². The van der Waals surface area contributed by atoms with Crippen molar-refractivity contribution in [2.75, 3.05) is 11.6 Å². The second-order valence-corrected chi connectivity index (χ2v) is 6.98. The number of alkyl halides is 3. The second-order valence-electron chi connectivity index (χ2n) is 4.90. The molecule has 1 amide bonds. The molecule has 124 valence electrons. The lowest BCUT2D eigenvalue weighted by atomic mass is 10.1. The minimum Gasteiger partial charge on any atom is -0.322 e. The van der Waals surface area contributed by atoms with Crippen LogP contribution in [0.1, 0.15) is 15.9 Å². The number of nitrogens with one attached hydrogen (secondary N) is 1. The molecule has 0 unspecified atom stereocenters. The van der Waals surface area contributed by atoms with Gasteiger partial charge < -0.3 is 5.32 Å². The third-order valence-electron chi connectivity index (χ3n) is 3.28. The Morgan fingerprint density at radius 3 is 2.50 bits per heavy atom. The van der Waals surface area contributed by atoms with E-state index in [1.54, 1.807) is 30.0 Å². The molecule has 3 rings (SSSR count). The first-order valence-corrected chi connectivity index (χ1v) is 8.84. The van der Waals surface area contributed by atoms with Crippen LogP contribution in [0.15, 0.2) is 46.8 Å². The monoisotopic (exact) mass is 368 g/mol. The smallest absolute Gasteiger partial charge is 0.322 e. The molecule has 3 aromatic rings. The predicted molar refractivity (Wildman–Crippen MR) is 90.8 cm³/mol. The van der Waals surface area contributed by atoms with Crippen molar-refractivity contribution in [3.05, 3.63) is 53.6 Å². The zero-order valence-electron chi connectivity index (χ0n) is 12.3. The van der Waals surface area contributed by atoms with E-state index < -0.39 is 17.6 Å². The molecule has 24 heavy (non-hydrogen) atoms. The maximum absolute atomic E-state index is 12.5. The Kier molecular flexibility index (Phi) is 4.51. The van der Waals surface area contributed by atoms with Gasteiger partial charge in [-0.3, -0.25) is 4.79 Å². The van der Waals surface area contributed by atoms with E-state index in [-0.39, 0.29) is 5.56 Å². The van der Waals surface area contributed by atoms with Crippen molar-refractivity contribution in [3.63, 3.8) is 0 Å². The van der Waals surface area contributed by atoms with Crippen molar-refractivity contribution in [2.24, 2.45) is 0 Å². The Balaban J connectivity index is 1.79. The van der Waals surface area contributed by atoms with E-state index in [1.165, 1.54) is 11.3 Å². The Morgan fingerprint density at radius 1 is 1.17 bits per heavy atom. The van der Waals surface area contributed by atoms with Crippen LogP contribution >= 0.6 is 23.1 Å². The Morgan fingerprint density at radius 2 is 1.88 bits per heavy atom. The molecule has 0 saturated carbocycles. The molecular weight excluding hydrogens is 357 g/mol. The van der Waals surface area contributed by atoms with Crippen LogP contribution in [0.25, 0.3) is 10.2 Å². The van der Waals surface area contributed by atoms with E-state index in [0.29, 0.717) is 5.69 Å². The lowest BCUT2D eigenvalue weighted by Crippen LogP contribution is -2.12. The lowest BCUT2D eigenvalue weighted by Gasteiger charge is -2.08. The molecule has 0 spiro atoms. The number of carbonyl (C=O) groups excluding carboxylic acids is 1. The summed E-state index contributed by atoms with van der Waals surface area (Å²) in [6.45, 7) is 0. The summed E-state index contributed by atoms with van der Waals surface area (Å²) in [6, 6.07) is 9.43. The molecule has 8 heteroatoms. The summed E-state index contributed by atoms with van der Waals surface area (Å²) in [4.78, 5) is 16.6. The zero-order valence-corrected chi connectivity index (χ0v) is 14.0. The Bertz CT molecular complexity index is 888. The number of thioether (sulfide) groups is 1. The molecule has 0 saturated heterocycles. The molecule has 0 bridgehead atoms. The molecule has 1 N–H and O–H groups in total. The van der Waals surface area contributed by atoms with Gasteiger partial charge >= 0.3 is 6.18 Å². The topological polar surface area (TPSA) is 42.0 Å². The van der Waals surface area contributed by atoms with Crippen LogP contribution in [-0.2, 0) is 6.18 Å². The molecule has 0 radical (unpaired) electrons. The molecule has 0 aliphatic carbocycles. The van der Waals surface area contributed by atoms with Gasteiger partial charge in [0.2, 0.25) is 0 Å². The molecular formula is C16H11F3N2OS2. The van der Waals surface area contributed by atoms with Crippen LogP contribution in [0, 0.1) is 0 Å². The number of carbonyl (C=O) groups is 1. The molecule has 1 aromatic heterocycles. The van der Waals surface area contributed by atoms with Crippen LogP contribution in [-0.4, -0.2) is 17.1 Å². The number of anilines is 1. The van der Waals surface area contributed by atoms with Gasteiger partial charge in [-0.05, 0) is 48.7 Å². The van der Waals surface area contributed by atoms with Gasteiger partial charge in [0.05, 0.1) is 15.8 Å². The average Bonchev–Trinajstić information content (AvgIpc) is 2.96. The molecule has 1 heterocycles. The number of thiazole rings is 1. The number of nitrogens with zero attached hydrogens (tertiary/aromatic N) is 1. The summed E-state index contributed by atoms with van der Waals surface area (Å²) in [5.41, 5.74) is 0.799. The normalized spacial score (nSPS) is 11.7. The number of halogens is 3. The lowest BCUT2D eigenvalue weighted by molar-refractivity contribution is -0.137. The minimum absolute atomic E-state index is 0.164. The third-order valence-corrected chi connectivity index (χ3v) is 5.28. The van der Waals surface area contributed by atoms with Crippen LogP contribution in [0.3, 0.4) is 0 Å². The van der Waals surface area contributed by atoms with E-state index >= 15 is 0 Å². The maximum atomic E-state index is 12.5. The van der Waals surface area contributed by atoms with Crippen molar-refractivity contribution in [1.29, 1.82) is 0 Å². The van der Waals surface area contributed by atoms with Crippen molar-refractivity contribution in [2.45, 2.75) is 10.5 Å². The number of aromatic nitrogens is 1. The van der Waals surface area contributed by atoms with Gasteiger partial charge in [0, 0.05) is 11.3 Å². The molecule has 0 aliphatic rings. The van der Waals surface area contributed by atoms with E-state index in [9.17, 15) is 18.0 Å². The highest BCUT2D eigenvalue weighted by atomic mass is 32.2. The number of amides is 1. The number of benzene rings is 2. The molecule has 0 aliphatic heterocycles. The van der Waals surface area contributed by atoms with Crippen molar-refractivity contribution in [3.8, 4) is 0 Å². The fourth-order valence-electron chi connectivity index (χ4n) is 2.08.